The van der Waals surface area contributed by atoms with E-state index in [1.807, 2.05) is 0 Å². The highest BCUT2D eigenvalue weighted by molar-refractivity contribution is 7.98. The van der Waals surface area contributed by atoms with Crippen LogP contribution in [0.3, 0.4) is 0 Å². The number of hydrogen-bond acceptors (Lipinski definition) is 1. The summed E-state index contributed by atoms with van der Waals surface area (Å²) in [6.45, 7) is 4.50. The Morgan fingerprint density at radius 1 is 1.07 bits per heavy atom. The van der Waals surface area contributed by atoms with Crippen molar-refractivity contribution in [3.63, 3.8) is 0 Å². The summed E-state index contributed by atoms with van der Waals surface area (Å²) in [7, 11) is 0. The maximum Gasteiger partial charge on any atom is 0.00756 e. The Balaban J connectivity index is 2.70. The van der Waals surface area contributed by atoms with Gasteiger partial charge in [-0.15, -0.1) is 11.8 Å². The summed E-state index contributed by atoms with van der Waals surface area (Å²) >= 11 is 1.80. The monoisotopic (exact) mass is 216 g/mol. The lowest BCUT2D eigenvalue weighted by Gasteiger charge is -2.10. The van der Waals surface area contributed by atoms with Crippen molar-refractivity contribution >= 4 is 22.5 Å². The fraction of sp³-hybridized carbons (Fsp3) is 0.286. The Labute approximate surface area is 95.7 Å². The standard InChI is InChI=1S/C14H16S/c1-10(2)13-6-4-5-11-7-8-12(15-3)9-14(11)13/h4-10H,1-3H3. The van der Waals surface area contributed by atoms with Crippen molar-refractivity contribution in [2.45, 2.75) is 24.7 Å². The minimum absolute atomic E-state index is 0.589. The van der Waals surface area contributed by atoms with Crippen LogP contribution in [0.4, 0.5) is 0 Å². The molecule has 78 valence electrons. The first-order chi connectivity index (χ1) is 7.22. The summed E-state index contributed by atoms with van der Waals surface area (Å²) in [5.74, 6) is 0.589. The van der Waals surface area contributed by atoms with E-state index in [-0.39, 0.29) is 0 Å². The maximum atomic E-state index is 2.30. The lowest BCUT2D eigenvalue weighted by atomic mass is 9.96. The average Bonchev–Trinajstić information content (AvgIpc) is 2.27. The van der Waals surface area contributed by atoms with Crippen molar-refractivity contribution in [2.75, 3.05) is 6.26 Å². The summed E-state index contributed by atoms with van der Waals surface area (Å²) in [6, 6.07) is 13.3. The molecule has 2 aromatic rings. The Bertz CT molecular complexity index is 472. The van der Waals surface area contributed by atoms with Crippen LogP contribution >= 0.6 is 11.8 Å². The first-order valence-corrected chi connectivity index (χ1v) is 6.51. The van der Waals surface area contributed by atoms with Gasteiger partial charge in [0.1, 0.15) is 0 Å². The Morgan fingerprint density at radius 2 is 1.87 bits per heavy atom. The van der Waals surface area contributed by atoms with Crippen molar-refractivity contribution in [3.8, 4) is 0 Å². The summed E-state index contributed by atoms with van der Waals surface area (Å²) in [5, 5.41) is 2.75. The van der Waals surface area contributed by atoms with E-state index in [2.05, 4.69) is 56.5 Å². The molecule has 0 nitrogen and oxygen atoms in total. The van der Waals surface area contributed by atoms with Gasteiger partial charge in [-0.2, -0.15) is 0 Å². The predicted octanol–water partition coefficient (Wildman–Crippen LogP) is 4.69. The van der Waals surface area contributed by atoms with Crippen molar-refractivity contribution in [2.24, 2.45) is 0 Å². The van der Waals surface area contributed by atoms with E-state index in [4.69, 9.17) is 0 Å². The molecule has 0 spiro atoms. The van der Waals surface area contributed by atoms with Gasteiger partial charge in [0.2, 0.25) is 0 Å². The first-order valence-electron chi connectivity index (χ1n) is 5.29. The first kappa shape index (κ1) is 10.6. The van der Waals surface area contributed by atoms with Gasteiger partial charge in [0.25, 0.3) is 0 Å². The molecule has 0 radical (unpaired) electrons. The van der Waals surface area contributed by atoms with Crippen molar-refractivity contribution in [3.05, 3.63) is 42.0 Å². The molecule has 0 saturated heterocycles. The number of rotatable bonds is 2. The summed E-state index contributed by atoms with van der Waals surface area (Å²) in [5.41, 5.74) is 1.45. The normalized spacial score (nSPS) is 11.2. The minimum atomic E-state index is 0.589. The van der Waals surface area contributed by atoms with Crippen LogP contribution in [0.15, 0.2) is 41.3 Å². The largest absolute Gasteiger partial charge is 0.130 e. The maximum absolute atomic E-state index is 2.30. The van der Waals surface area contributed by atoms with Gasteiger partial charge in [-0.25, -0.2) is 0 Å². The van der Waals surface area contributed by atoms with Crippen molar-refractivity contribution in [1.82, 2.24) is 0 Å². The highest BCUT2D eigenvalue weighted by atomic mass is 32.2. The molecule has 0 aromatic heterocycles. The Morgan fingerprint density at radius 3 is 2.53 bits per heavy atom. The summed E-state index contributed by atoms with van der Waals surface area (Å²) in [6.07, 6.45) is 2.12. The number of fused-ring (bicyclic) bond motifs is 1. The molecule has 0 aliphatic heterocycles. The van der Waals surface area contributed by atoms with Crippen LogP contribution in [-0.2, 0) is 0 Å². The fourth-order valence-corrected chi connectivity index (χ4v) is 2.35. The third kappa shape index (κ3) is 2.03. The van der Waals surface area contributed by atoms with Gasteiger partial charge in [-0.05, 0) is 40.6 Å². The van der Waals surface area contributed by atoms with Crippen LogP contribution in [0.1, 0.15) is 25.3 Å². The van der Waals surface area contributed by atoms with Gasteiger partial charge in [0.15, 0.2) is 0 Å². The third-order valence-electron chi connectivity index (χ3n) is 2.75. The highest BCUT2D eigenvalue weighted by Gasteiger charge is 2.04. The van der Waals surface area contributed by atoms with Gasteiger partial charge in [-0.3, -0.25) is 0 Å². The molecule has 0 fully saturated rings. The van der Waals surface area contributed by atoms with Crippen molar-refractivity contribution in [1.29, 1.82) is 0 Å². The highest BCUT2D eigenvalue weighted by Crippen LogP contribution is 2.28. The second-order valence-corrected chi connectivity index (χ2v) is 4.97. The molecule has 15 heavy (non-hydrogen) atoms. The molecule has 0 amide bonds. The summed E-state index contributed by atoms with van der Waals surface area (Å²) < 4.78 is 0. The predicted molar refractivity (Wildman–Crippen MR) is 69.8 cm³/mol. The van der Waals surface area contributed by atoms with Crippen molar-refractivity contribution < 1.29 is 0 Å². The van der Waals surface area contributed by atoms with Gasteiger partial charge in [0, 0.05) is 4.90 Å². The molecular formula is C14H16S. The molecule has 0 unspecified atom stereocenters. The van der Waals surface area contributed by atoms with Gasteiger partial charge in [-0.1, -0.05) is 38.1 Å². The van der Waals surface area contributed by atoms with Gasteiger partial charge < -0.3 is 0 Å². The third-order valence-corrected chi connectivity index (χ3v) is 3.47. The molecule has 0 atom stereocenters. The van der Waals surface area contributed by atoms with Crippen LogP contribution < -0.4 is 0 Å². The van der Waals surface area contributed by atoms with E-state index in [9.17, 15) is 0 Å². The molecule has 0 aliphatic rings. The van der Waals surface area contributed by atoms with Crippen LogP contribution in [0.25, 0.3) is 10.8 Å². The van der Waals surface area contributed by atoms with Gasteiger partial charge in [0.05, 0.1) is 0 Å². The second-order valence-electron chi connectivity index (χ2n) is 4.09. The Hall–Kier alpha value is -0.950. The number of hydrogen-bond donors (Lipinski definition) is 0. The zero-order valence-corrected chi connectivity index (χ0v) is 10.3. The van der Waals surface area contributed by atoms with E-state index in [1.54, 1.807) is 11.8 Å². The average molecular weight is 216 g/mol. The zero-order chi connectivity index (χ0) is 10.8. The van der Waals surface area contributed by atoms with Crippen LogP contribution in [-0.4, -0.2) is 6.26 Å². The smallest absolute Gasteiger partial charge is 0.00756 e. The molecule has 2 aromatic carbocycles. The van der Waals surface area contributed by atoms with Gasteiger partial charge >= 0.3 is 0 Å². The SMILES string of the molecule is CSc1ccc2cccc(C(C)C)c2c1. The minimum Gasteiger partial charge on any atom is -0.130 e. The molecule has 0 saturated carbocycles. The van der Waals surface area contributed by atoms with E-state index in [1.165, 1.54) is 21.2 Å². The molecule has 0 aliphatic carbocycles. The topological polar surface area (TPSA) is 0 Å². The quantitative estimate of drug-likeness (QED) is 0.656. The molecule has 0 heterocycles. The molecule has 2 rings (SSSR count). The fourth-order valence-electron chi connectivity index (χ4n) is 1.91. The lowest BCUT2D eigenvalue weighted by Crippen LogP contribution is -1.89. The number of thioether (sulfide) groups is 1. The molecule has 0 N–H and O–H groups in total. The van der Waals surface area contributed by atoms with E-state index < -0.39 is 0 Å². The lowest BCUT2D eigenvalue weighted by molar-refractivity contribution is 0.876. The summed E-state index contributed by atoms with van der Waals surface area (Å²) in [4.78, 5) is 1.34. The zero-order valence-electron chi connectivity index (χ0n) is 9.45. The molecular weight excluding hydrogens is 200 g/mol. The van der Waals surface area contributed by atoms with Crippen LogP contribution in [0.2, 0.25) is 0 Å². The second kappa shape index (κ2) is 4.28. The molecule has 1 heteroatoms. The Kier molecular flexibility index (Phi) is 3.01. The van der Waals surface area contributed by atoms with E-state index in [0.717, 1.165) is 0 Å². The van der Waals surface area contributed by atoms with E-state index >= 15 is 0 Å². The van der Waals surface area contributed by atoms with Crippen LogP contribution in [0.5, 0.6) is 0 Å². The van der Waals surface area contributed by atoms with Crippen LogP contribution in [0, 0.1) is 0 Å². The number of benzene rings is 2. The molecule has 0 bridgehead atoms. The van der Waals surface area contributed by atoms with E-state index in [0.29, 0.717) is 5.92 Å².